The van der Waals surface area contributed by atoms with Crippen molar-refractivity contribution in [3.05, 3.63) is 139 Å². The molecule has 0 aliphatic heterocycles. The molecule has 0 bridgehead atoms. The number of H-pyrrole nitrogens is 1. The maximum Gasteiger partial charge on any atom is 3.00 e. The van der Waals surface area contributed by atoms with E-state index in [2.05, 4.69) is 25.0 Å². The molecule has 4 aromatic heterocycles. The van der Waals surface area contributed by atoms with Crippen molar-refractivity contribution in [2.75, 3.05) is 0 Å². The van der Waals surface area contributed by atoms with Gasteiger partial charge >= 0.3 is 26.3 Å². The molecule has 2 aromatic carbocycles. The summed E-state index contributed by atoms with van der Waals surface area (Å²) in [6, 6.07) is 22.1. The number of aromatic nitrogens is 6. The summed E-state index contributed by atoms with van der Waals surface area (Å²) in [6.07, 6.45) is 0.0786. The Balaban J connectivity index is 0.000000178. The van der Waals surface area contributed by atoms with Crippen LogP contribution in [0.2, 0.25) is 0 Å². The Morgan fingerprint density at radius 2 is 0.977 bits per heavy atom. The average Bonchev–Trinajstić information content (AvgIpc) is 3.51. The van der Waals surface area contributed by atoms with Crippen molar-refractivity contribution in [1.82, 2.24) is 30.1 Å². The molecule has 6 rings (SSSR count). The van der Waals surface area contributed by atoms with Crippen LogP contribution in [0.4, 0.5) is 30.7 Å². The minimum Gasteiger partial charge on any atom is -0.256 e. The van der Waals surface area contributed by atoms with Gasteiger partial charge in [0.2, 0.25) is 5.82 Å². The summed E-state index contributed by atoms with van der Waals surface area (Å²) in [5, 5.41) is 5.25. The van der Waals surface area contributed by atoms with E-state index in [1.165, 1.54) is 36.5 Å². The van der Waals surface area contributed by atoms with Gasteiger partial charge in [0.15, 0.2) is 5.82 Å². The third-order valence-electron chi connectivity index (χ3n) is 5.39. The number of benzene rings is 2. The first-order valence-corrected chi connectivity index (χ1v) is 12.3. The number of halogens is 7. The average molecular weight is 789 g/mol. The minimum atomic E-state index is -4.51. The summed E-state index contributed by atoms with van der Waals surface area (Å²) < 4.78 is 88.2. The molecule has 0 amide bonds. The predicted molar refractivity (Wildman–Crippen MR) is 144 cm³/mol. The van der Waals surface area contributed by atoms with Gasteiger partial charge in [-0.15, -0.1) is 0 Å². The van der Waals surface area contributed by atoms with E-state index in [1.54, 1.807) is 60.9 Å². The second-order valence-electron chi connectivity index (χ2n) is 8.40. The Kier molecular flexibility index (Phi) is 11.9. The minimum absolute atomic E-state index is 0. The quantitative estimate of drug-likeness (QED) is 0.185. The van der Waals surface area contributed by atoms with Crippen LogP contribution >= 0.6 is 0 Å². The SMILES string of the molecule is FC(F)(F)c1nc(-c2ccccn2)n[nH]1.Fc1ccc(-c2ccccn2)c(F)c1.Fc1ccc(-c2ccccn2)c(F)c1.[Ir+3]. The summed E-state index contributed by atoms with van der Waals surface area (Å²) in [7, 11) is 0. The van der Waals surface area contributed by atoms with E-state index >= 15 is 0 Å². The third kappa shape index (κ3) is 9.35. The zero-order valence-electron chi connectivity index (χ0n) is 22.1. The Hall–Kier alpha value is -4.81. The fraction of sp³-hybridized carbons (Fsp3) is 0.0333. The number of alkyl halides is 3. The van der Waals surface area contributed by atoms with Crippen LogP contribution in [0.25, 0.3) is 34.0 Å². The standard InChI is InChI=1S/2C11H7F2N.C8H5F3N4.Ir/c2*12-8-4-5-9(10(13)7-8)11-3-1-2-6-14-11;9-8(10,11)7-13-6(14-15-7)5-3-1-2-4-12-5;/h2*1-7H;1-4H,(H,13,14,15);/q;;;+3. The van der Waals surface area contributed by atoms with E-state index in [-0.39, 0.29) is 25.9 Å². The van der Waals surface area contributed by atoms with E-state index in [0.717, 1.165) is 12.1 Å². The Labute approximate surface area is 259 Å². The molecule has 0 spiro atoms. The Morgan fingerprint density at radius 1 is 0.545 bits per heavy atom. The van der Waals surface area contributed by atoms with Crippen molar-refractivity contribution >= 4 is 0 Å². The van der Waals surface area contributed by atoms with Gasteiger partial charge in [-0.05, 0) is 60.7 Å². The second-order valence-corrected chi connectivity index (χ2v) is 8.40. The number of nitrogens with one attached hydrogen (secondary N) is 1. The molecule has 0 saturated heterocycles. The number of aromatic amines is 1. The number of hydrogen-bond acceptors (Lipinski definition) is 5. The largest absolute Gasteiger partial charge is 3.00 e. The molecule has 1 N–H and O–H groups in total. The summed E-state index contributed by atoms with van der Waals surface area (Å²) in [5.74, 6) is -3.54. The molecule has 6 nitrogen and oxygen atoms in total. The van der Waals surface area contributed by atoms with Crippen molar-refractivity contribution in [3.63, 3.8) is 0 Å². The molecule has 0 aliphatic carbocycles. The van der Waals surface area contributed by atoms with Gasteiger partial charge in [0.25, 0.3) is 0 Å². The molecule has 44 heavy (non-hydrogen) atoms. The molecule has 4 heterocycles. The van der Waals surface area contributed by atoms with E-state index in [0.29, 0.717) is 28.2 Å². The topological polar surface area (TPSA) is 80.2 Å². The van der Waals surface area contributed by atoms with Crippen molar-refractivity contribution < 1.29 is 50.8 Å². The molecule has 224 valence electrons. The maximum atomic E-state index is 13.3. The Morgan fingerprint density at radius 3 is 1.32 bits per heavy atom. The fourth-order valence-electron chi connectivity index (χ4n) is 3.44. The first-order chi connectivity index (χ1) is 20.6. The summed E-state index contributed by atoms with van der Waals surface area (Å²) in [6.45, 7) is 0. The molecule has 0 unspecified atom stereocenters. The molecular formula is C30H19F7IrN6+3. The maximum absolute atomic E-state index is 13.3. The molecular weight excluding hydrogens is 770 g/mol. The van der Waals surface area contributed by atoms with Crippen molar-refractivity contribution in [2.45, 2.75) is 6.18 Å². The molecule has 0 saturated carbocycles. The number of rotatable bonds is 3. The van der Waals surface area contributed by atoms with Gasteiger partial charge in [-0.1, -0.05) is 18.2 Å². The van der Waals surface area contributed by atoms with Crippen LogP contribution in [-0.2, 0) is 26.3 Å². The molecule has 14 heteroatoms. The smallest absolute Gasteiger partial charge is 0.256 e. The number of hydrogen-bond donors (Lipinski definition) is 1. The monoisotopic (exact) mass is 789 g/mol. The van der Waals surface area contributed by atoms with E-state index in [4.69, 9.17) is 0 Å². The normalized spacial score (nSPS) is 10.4. The molecule has 0 radical (unpaired) electrons. The first-order valence-electron chi connectivity index (χ1n) is 12.3. The molecule has 6 aromatic rings. The van der Waals surface area contributed by atoms with Crippen molar-refractivity contribution in [1.29, 1.82) is 0 Å². The third-order valence-corrected chi connectivity index (χ3v) is 5.39. The van der Waals surface area contributed by atoms with Crippen LogP contribution in [0, 0.1) is 23.3 Å². The zero-order valence-corrected chi connectivity index (χ0v) is 24.5. The second kappa shape index (κ2) is 15.6. The van der Waals surface area contributed by atoms with E-state index < -0.39 is 35.3 Å². The summed E-state index contributed by atoms with van der Waals surface area (Å²) in [5.41, 5.74) is 1.93. The van der Waals surface area contributed by atoms with Crippen LogP contribution in [0.3, 0.4) is 0 Å². The van der Waals surface area contributed by atoms with Gasteiger partial charge in [0, 0.05) is 41.9 Å². The zero-order chi connectivity index (χ0) is 30.8. The van der Waals surface area contributed by atoms with Crippen molar-refractivity contribution in [2.24, 2.45) is 0 Å². The van der Waals surface area contributed by atoms with Crippen molar-refractivity contribution in [3.8, 4) is 34.0 Å². The number of nitrogens with zero attached hydrogens (tertiary/aromatic N) is 5. The van der Waals surface area contributed by atoms with Gasteiger partial charge in [-0.25, -0.2) is 22.5 Å². The first kappa shape index (κ1) is 33.7. The fourth-order valence-corrected chi connectivity index (χ4v) is 3.44. The van der Waals surface area contributed by atoms with Crippen LogP contribution in [-0.4, -0.2) is 30.1 Å². The van der Waals surface area contributed by atoms with Crippen LogP contribution in [0.15, 0.2) is 110 Å². The van der Waals surface area contributed by atoms with Gasteiger partial charge in [-0.2, -0.15) is 18.3 Å². The molecule has 0 aliphatic rings. The summed E-state index contributed by atoms with van der Waals surface area (Å²) in [4.78, 5) is 15.1. The van der Waals surface area contributed by atoms with Gasteiger partial charge in [0.1, 0.15) is 29.0 Å². The van der Waals surface area contributed by atoms with Crippen LogP contribution in [0.1, 0.15) is 5.82 Å². The molecule has 0 atom stereocenters. The van der Waals surface area contributed by atoms with Gasteiger partial charge in [0.05, 0.1) is 11.4 Å². The molecule has 0 fully saturated rings. The predicted octanol–water partition coefficient (Wildman–Crippen LogP) is 7.94. The Bertz CT molecular complexity index is 1670. The van der Waals surface area contributed by atoms with Crippen LogP contribution < -0.4 is 0 Å². The number of pyridine rings is 3. The van der Waals surface area contributed by atoms with Crippen LogP contribution in [0.5, 0.6) is 0 Å². The van der Waals surface area contributed by atoms with E-state index in [1.807, 2.05) is 5.10 Å². The van der Waals surface area contributed by atoms with E-state index in [9.17, 15) is 30.7 Å². The van der Waals surface area contributed by atoms with Gasteiger partial charge in [-0.3, -0.25) is 20.1 Å². The van der Waals surface area contributed by atoms with Gasteiger partial charge < -0.3 is 0 Å². The summed E-state index contributed by atoms with van der Waals surface area (Å²) >= 11 is 0.